The zero-order chi connectivity index (χ0) is 13.2. The molecule has 0 aliphatic carbocycles. The van der Waals surface area contributed by atoms with Gasteiger partial charge in [0.2, 0.25) is 0 Å². The molecule has 0 N–H and O–H groups in total. The summed E-state index contributed by atoms with van der Waals surface area (Å²) < 4.78 is 40.7. The third-order valence-corrected chi connectivity index (χ3v) is 3.17. The Hall–Kier alpha value is -1.50. The SMILES string of the molecule is Cc1csc(-c2ccc(OC[B-](F)(F)F)cc2)n1. The van der Waals surface area contributed by atoms with Gasteiger partial charge in [-0.2, -0.15) is 0 Å². The summed E-state index contributed by atoms with van der Waals surface area (Å²) in [7, 11) is 0. The molecule has 0 unspecified atom stereocenters. The normalized spacial score (nSPS) is 11.6. The summed E-state index contributed by atoms with van der Waals surface area (Å²) in [5.41, 5.74) is 1.80. The van der Waals surface area contributed by atoms with Gasteiger partial charge in [0.05, 0.1) is 6.51 Å². The van der Waals surface area contributed by atoms with Crippen molar-refractivity contribution in [3.05, 3.63) is 35.3 Å². The van der Waals surface area contributed by atoms with Gasteiger partial charge >= 0.3 is 6.98 Å². The van der Waals surface area contributed by atoms with Crippen LogP contribution in [0.2, 0.25) is 0 Å². The maximum atomic E-state index is 12.0. The number of hydrogen-bond donors (Lipinski definition) is 0. The van der Waals surface area contributed by atoms with Crippen molar-refractivity contribution < 1.29 is 17.7 Å². The van der Waals surface area contributed by atoms with E-state index in [0.29, 0.717) is 0 Å². The van der Waals surface area contributed by atoms with Crippen LogP contribution in [0.1, 0.15) is 5.69 Å². The molecule has 2 rings (SSSR count). The molecule has 0 aliphatic rings. The van der Waals surface area contributed by atoms with E-state index in [0.717, 1.165) is 16.3 Å². The minimum absolute atomic E-state index is 0.214. The number of ether oxygens (including phenoxy) is 1. The van der Waals surface area contributed by atoms with Crippen molar-refractivity contribution in [1.82, 2.24) is 4.98 Å². The van der Waals surface area contributed by atoms with E-state index in [4.69, 9.17) is 0 Å². The molecule has 2 nitrogen and oxygen atoms in total. The highest BCUT2D eigenvalue weighted by Gasteiger charge is 2.24. The molecule has 0 saturated heterocycles. The Labute approximate surface area is 106 Å². The van der Waals surface area contributed by atoms with Gasteiger partial charge in [-0.3, -0.25) is 0 Å². The van der Waals surface area contributed by atoms with Gasteiger partial charge < -0.3 is 17.7 Å². The average Bonchev–Trinajstić information content (AvgIpc) is 2.73. The van der Waals surface area contributed by atoms with Gasteiger partial charge in [0.25, 0.3) is 0 Å². The van der Waals surface area contributed by atoms with Crippen molar-refractivity contribution in [1.29, 1.82) is 0 Å². The van der Waals surface area contributed by atoms with Crippen molar-refractivity contribution in [3.63, 3.8) is 0 Å². The van der Waals surface area contributed by atoms with E-state index in [1.807, 2.05) is 12.3 Å². The first-order valence-electron chi connectivity index (χ1n) is 5.30. The number of thiazole rings is 1. The van der Waals surface area contributed by atoms with Crippen LogP contribution in [0.4, 0.5) is 12.9 Å². The Bertz CT molecular complexity index is 524. The standard InChI is InChI=1S/C11H10BF3NOS/c1-8-6-18-11(16-8)9-2-4-10(5-3-9)17-7-12(13,14)15/h2-6H,7H2,1H3/q-1. The van der Waals surface area contributed by atoms with E-state index in [-0.39, 0.29) is 5.75 Å². The van der Waals surface area contributed by atoms with Crippen molar-refractivity contribution in [2.24, 2.45) is 0 Å². The van der Waals surface area contributed by atoms with Crippen LogP contribution in [0.15, 0.2) is 29.6 Å². The van der Waals surface area contributed by atoms with Crippen LogP contribution < -0.4 is 4.74 Å². The summed E-state index contributed by atoms with van der Waals surface area (Å²) >= 11 is 1.50. The van der Waals surface area contributed by atoms with Crippen LogP contribution >= 0.6 is 11.3 Å². The molecule has 0 spiro atoms. The third kappa shape index (κ3) is 3.50. The molecule has 7 heteroatoms. The quantitative estimate of drug-likeness (QED) is 0.788. The van der Waals surface area contributed by atoms with Gasteiger partial charge in [-0.15, -0.1) is 11.3 Å². The van der Waals surface area contributed by atoms with Gasteiger partial charge in [-0.05, 0) is 31.2 Å². The van der Waals surface area contributed by atoms with E-state index in [1.165, 1.54) is 23.5 Å². The van der Waals surface area contributed by atoms with Gasteiger partial charge in [0, 0.05) is 16.6 Å². The van der Waals surface area contributed by atoms with Crippen LogP contribution in [-0.2, 0) is 0 Å². The minimum Gasteiger partial charge on any atom is -0.522 e. The number of halogens is 3. The monoisotopic (exact) mass is 272 g/mol. The van der Waals surface area contributed by atoms with Gasteiger partial charge in [0.1, 0.15) is 10.8 Å². The van der Waals surface area contributed by atoms with E-state index in [9.17, 15) is 12.9 Å². The molecule has 0 saturated carbocycles. The van der Waals surface area contributed by atoms with Gasteiger partial charge in [0.15, 0.2) is 0 Å². The van der Waals surface area contributed by atoms with Crippen molar-refractivity contribution in [3.8, 4) is 16.3 Å². The molecule has 0 aliphatic heterocycles. The fourth-order valence-electron chi connectivity index (χ4n) is 1.37. The number of nitrogens with zero attached hydrogens (tertiary/aromatic N) is 1. The van der Waals surface area contributed by atoms with Gasteiger partial charge in [-0.1, -0.05) is 0 Å². The molecule has 2 aromatic rings. The fourth-order valence-corrected chi connectivity index (χ4v) is 2.17. The predicted octanol–water partition coefficient (Wildman–Crippen LogP) is 3.88. The van der Waals surface area contributed by atoms with Crippen LogP contribution in [0.3, 0.4) is 0 Å². The van der Waals surface area contributed by atoms with Crippen molar-refractivity contribution in [2.75, 3.05) is 6.51 Å². The molecule has 1 aromatic heterocycles. The van der Waals surface area contributed by atoms with Crippen LogP contribution in [0.25, 0.3) is 10.6 Å². The molecule has 18 heavy (non-hydrogen) atoms. The molecule has 1 heterocycles. The lowest BCUT2D eigenvalue weighted by atomic mass is 9.95. The lowest BCUT2D eigenvalue weighted by molar-refractivity contribution is 0.313. The van der Waals surface area contributed by atoms with E-state index in [2.05, 4.69) is 9.72 Å². The zero-order valence-corrected chi connectivity index (χ0v) is 10.4. The second kappa shape index (κ2) is 5.01. The smallest absolute Gasteiger partial charge is 0.515 e. The number of rotatable bonds is 4. The van der Waals surface area contributed by atoms with E-state index >= 15 is 0 Å². The highest BCUT2D eigenvalue weighted by atomic mass is 32.1. The van der Waals surface area contributed by atoms with E-state index in [1.54, 1.807) is 12.1 Å². The first kappa shape index (κ1) is 12.9. The summed E-state index contributed by atoms with van der Waals surface area (Å²) in [5.74, 6) is 0.214. The lowest BCUT2D eigenvalue weighted by Gasteiger charge is -2.15. The molecule has 96 valence electrons. The lowest BCUT2D eigenvalue weighted by Crippen LogP contribution is -2.26. The highest BCUT2D eigenvalue weighted by molar-refractivity contribution is 7.13. The number of benzene rings is 1. The number of hydrogen-bond acceptors (Lipinski definition) is 3. The molecule has 0 radical (unpaired) electrons. The largest absolute Gasteiger partial charge is 0.522 e. The third-order valence-electron chi connectivity index (χ3n) is 2.16. The molecule has 0 amide bonds. The second-order valence-electron chi connectivity index (χ2n) is 3.84. The maximum Gasteiger partial charge on any atom is 0.515 e. The Morgan fingerprint density at radius 2 is 1.89 bits per heavy atom. The fraction of sp³-hybridized carbons (Fsp3) is 0.182. The molecule has 0 bridgehead atoms. The Morgan fingerprint density at radius 1 is 1.22 bits per heavy atom. The Morgan fingerprint density at radius 3 is 2.39 bits per heavy atom. The number of aromatic nitrogens is 1. The van der Waals surface area contributed by atoms with Crippen molar-refractivity contribution >= 4 is 18.3 Å². The Balaban J connectivity index is 2.06. The maximum absolute atomic E-state index is 12.0. The van der Waals surface area contributed by atoms with Crippen LogP contribution in [0, 0.1) is 6.92 Å². The Kier molecular flexibility index (Phi) is 3.61. The summed E-state index contributed by atoms with van der Waals surface area (Å²) in [6.45, 7) is -4.23. The summed E-state index contributed by atoms with van der Waals surface area (Å²) in [6.07, 6.45) is 0. The molecule has 0 atom stereocenters. The second-order valence-corrected chi connectivity index (χ2v) is 4.70. The average molecular weight is 272 g/mol. The minimum atomic E-state index is -4.91. The summed E-state index contributed by atoms with van der Waals surface area (Å²) in [6, 6.07) is 6.45. The first-order valence-corrected chi connectivity index (χ1v) is 6.18. The number of aryl methyl sites for hydroxylation is 1. The topological polar surface area (TPSA) is 22.1 Å². The van der Waals surface area contributed by atoms with Crippen molar-refractivity contribution in [2.45, 2.75) is 6.92 Å². The summed E-state index contributed by atoms with van der Waals surface area (Å²) in [4.78, 5) is 4.30. The zero-order valence-electron chi connectivity index (χ0n) is 9.57. The first-order chi connectivity index (χ1) is 8.44. The predicted molar refractivity (Wildman–Crippen MR) is 66.9 cm³/mol. The summed E-state index contributed by atoms with van der Waals surface area (Å²) in [5, 5.41) is 2.77. The van der Waals surface area contributed by atoms with E-state index < -0.39 is 13.5 Å². The molecule has 0 fully saturated rings. The molecule has 1 aromatic carbocycles. The van der Waals surface area contributed by atoms with Crippen LogP contribution in [0.5, 0.6) is 5.75 Å². The van der Waals surface area contributed by atoms with Crippen LogP contribution in [-0.4, -0.2) is 18.5 Å². The molecular formula is C11H10BF3NOS-. The highest BCUT2D eigenvalue weighted by Crippen LogP contribution is 2.25. The molecular weight excluding hydrogens is 262 g/mol. The van der Waals surface area contributed by atoms with Gasteiger partial charge in [-0.25, -0.2) is 4.98 Å².